The largest absolute Gasteiger partial charge is 0.464 e. The number of carbonyl (C=O) groups is 4. The first-order chi connectivity index (χ1) is 62.8. The van der Waals surface area contributed by atoms with Crippen LogP contribution >= 0.6 is 11.6 Å². The van der Waals surface area contributed by atoms with Crippen LogP contribution in [0.4, 0.5) is 81.4 Å². The summed E-state index contributed by atoms with van der Waals surface area (Å²) in [6.45, 7) is 40.8. The van der Waals surface area contributed by atoms with Gasteiger partial charge in [0.1, 0.15) is 109 Å². The van der Waals surface area contributed by atoms with Crippen LogP contribution < -0.4 is 108 Å². The minimum atomic E-state index is -0.769. The van der Waals surface area contributed by atoms with E-state index in [1.165, 1.54) is 29.2 Å². The number of nitrogens with one attached hydrogen (secondary N) is 12. The molecule has 12 N–H and O–H groups in total. The molecule has 0 unspecified atom stereocenters. The summed E-state index contributed by atoms with van der Waals surface area (Å²) in [7, 11) is 0. The monoisotopic (exact) mass is 1860 g/mol. The van der Waals surface area contributed by atoms with Gasteiger partial charge in [0.25, 0.3) is 67.1 Å². The average Bonchev–Trinajstić information content (AvgIpc) is 1.36. The van der Waals surface area contributed by atoms with Crippen molar-refractivity contribution in [2.24, 2.45) is 21.7 Å². The standard InChI is InChI=1S/C25H26ClN7O5.C25H28FN3O4.C24H26FN3O4.C23H24FN3O4/c1-12-5-8-16(38-12)22(25(2,3)4)28-19-18(20(34)21(19)35)27-15-7-6-14(26)13-11-32(23(36)17(13)15)9-10-33-24(37)29-30-31-33;1-10-9-15(33-13(10)4)23(25(5,6)7)29-20-19(21(30)22(20)31)28-18-14(26)8-11(2)16-12(3)27-24(32)17(16)18;1-6-24(4,5)22(15-10-7-11(2)32-15)28-19-18(20(29)21(19)30)27-17-14(25)9-8-13-12(3)26-23(31)16(13)17;1-10-6-9-14(31-10)21(23(3,4)5)27-18-17(19(28)20(18)29)26-16-13(24)8-7-12-11(2)25-22(30)15(12)16/h5-8,22,27-28H,9-11H2,1-4H3,(H,29,31,37);8-9,12,23,28-29H,1-7H3,(H,27,32);7-10,12,22,27-28H,6H2,1-5H3,(H,26,31);6-9,11,21,26-27H,1-5H3,(H,25,30)/t22-;12-,23-;12-,22-;11-,21-/m0000/s1. The van der Waals surface area contributed by atoms with Crippen LogP contribution in [0.3, 0.4) is 0 Å². The van der Waals surface area contributed by atoms with E-state index in [1.807, 2.05) is 167 Å². The number of carbonyl (C=O) groups excluding carboxylic acids is 4. The number of nitrogens with zero attached hydrogens (tertiary/aromatic N) is 4. The first-order valence-electron chi connectivity index (χ1n) is 43.5. The normalized spacial score (nSPS) is 16.0. The van der Waals surface area contributed by atoms with Crippen LogP contribution in [-0.4, -0.2) is 55.3 Å². The average molecular weight is 1860 g/mol. The lowest BCUT2D eigenvalue weighted by Gasteiger charge is -2.34. The Morgan fingerprint density at radius 3 is 1.20 bits per heavy atom. The molecular formula is C97H104ClF3N16O17. The van der Waals surface area contributed by atoms with E-state index in [1.54, 1.807) is 39.0 Å². The molecule has 0 aliphatic carbocycles. The Labute approximate surface area is 769 Å². The van der Waals surface area contributed by atoms with Gasteiger partial charge in [-0.3, -0.25) is 57.5 Å². The third kappa shape index (κ3) is 18.0. The molecule has 8 aromatic carbocycles. The molecule has 4 aliphatic heterocycles. The number of tetrazole rings is 1. The van der Waals surface area contributed by atoms with Crippen molar-refractivity contribution < 1.29 is 50.0 Å². The fourth-order valence-corrected chi connectivity index (χ4v) is 17.2. The van der Waals surface area contributed by atoms with Gasteiger partial charge in [-0.2, -0.15) is 4.68 Å². The summed E-state index contributed by atoms with van der Waals surface area (Å²) in [5, 5.41) is 41.8. The van der Waals surface area contributed by atoms with Crippen molar-refractivity contribution in [2.75, 3.05) is 49.1 Å². The number of amides is 4. The van der Waals surface area contributed by atoms with E-state index in [4.69, 9.17) is 29.3 Å². The molecule has 5 aromatic heterocycles. The molecule has 0 radical (unpaired) electrons. The van der Waals surface area contributed by atoms with E-state index in [0.29, 0.717) is 67.1 Å². The number of anilines is 12. The van der Waals surface area contributed by atoms with E-state index in [0.717, 1.165) is 39.7 Å². The zero-order valence-electron chi connectivity index (χ0n) is 77.7. The molecule has 37 heteroatoms. The zero-order chi connectivity index (χ0) is 97.8. The second kappa shape index (κ2) is 35.9. The highest BCUT2D eigenvalue weighted by Gasteiger charge is 2.43. The van der Waals surface area contributed by atoms with E-state index in [2.05, 4.69) is 74.0 Å². The number of rotatable bonds is 25. The van der Waals surface area contributed by atoms with Crippen LogP contribution in [0.5, 0.6) is 0 Å². The molecule has 0 spiro atoms. The molecule has 0 bridgehead atoms. The Balaban J connectivity index is 0.000000144. The number of hydrogen-bond donors (Lipinski definition) is 12. The number of halogens is 4. The second-order valence-electron chi connectivity index (χ2n) is 38.2. The Morgan fingerprint density at radius 2 is 0.813 bits per heavy atom. The van der Waals surface area contributed by atoms with Gasteiger partial charge >= 0.3 is 5.69 Å². The SMILES string of the molecule is CCC(C)(C)[C@@H](Nc1c(Nc2c(F)ccc3c2C(=O)N[C@H]3C)c(=O)c1=O)c1ccc(C)o1.Cc1cc([C@H](Nc2c(Nc3c(F)cc(C)c4c3C(=O)N[C@H]4C)c(=O)c2=O)C(C)(C)C)oc1C.Cc1ccc([C@H](Nc2c(Nc3c(F)ccc4c3C(=O)N[C@H]4C)c(=O)c2=O)C(C)(C)C)o1.Cc1ccc([C@H](Nc2c(Nc3ccc(Cl)c4c3C(=O)N(CCn3nn[nH]c3=O)C4)c(=O)c2=O)C(C)(C)C)o1. The van der Waals surface area contributed by atoms with Crippen LogP contribution in [0.2, 0.25) is 5.02 Å². The molecular weight excluding hydrogens is 1750 g/mol. The highest BCUT2D eigenvalue weighted by atomic mass is 35.5. The summed E-state index contributed by atoms with van der Waals surface area (Å²) >= 11 is 6.41. The fourth-order valence-electron chi connectivity index (χ4n) is 16.9. The Kier molecular flexibility index (Phi) is 25.6. The van der Waals surface area contributed by atoms with Gasteiger partial charge in [-0.1, -0.05) is 107 Å². The third-order valence-corrected chi connectivity index (χ3v) is 25.3. The molecule has 0 saturated heterocycles. The lowest BCUT2D eigenvalue weighted by Crippen LogP contribution is -2.40. The number of benzene rings is 4. The van der Waals surface area contributed by atoms with Crippen LogP contribution in [0.25, 0.3) is 0 Å². The van der Waals surface area contributed by atoms with Gasteiger partial charge in [-0.15, -0.1) is 0 Å². The van der Waals surface area contributed by atoms with Crippen molar-refractivity contribution in [1.29, 1.82) is 0 Å². The van der Waals surface area contributed by atoms with Crippen LogP contribution in [0.1, 0.15) is 273 Å². The van der Waals surface area contributed by atoms with Gasteiger partial charge in [-0.05, 0) is 201 Å². The highest BCUT2D eigenvalue weighted by molar-refractivity contribution is 6.32. The molecule has 4 aliphatic rings. The van der Waals surface area contributed by atoms with Crippen molar-refractivity contribution >= 4 is 103 Å². The number of H-pyrrole nitrogens is 1. The van der Waals surface area contributed by atoms with E-state index in [9.17, 15) is 75.5 Å². The van der Waals surface area contributed by atoms with Gasteiger partial charge in [-0.25, -0.2) is 23.1 Å². The lowest BCUT2D eigenvalue weighted by molar-refractivity contribution is 0.0770. The maximum Gasteiger partial charge on any atom is 0.361 e. The zero-order valence-corrected chi connectivity index (χ0v) is 78.4. The van der Waals surface area contributed by atoms with Crippen molar-refractivity contribution in [3.05, 3.63) is 301 Å². The van der Waals surface area contributed by atoms with Gasteiger partial charge < -0.3 is 81.1 Å². The van der Waals surface area contributed by atoms with Crippen molar-refractivity contribution in [2.45, 2.75) is 207 Å². The molecule has 13 aromatic rings. The van der Waals surface area contributed by atoms with Crippen LogP contribution in [0.15, 0.2) is 146 Å². The fraction of sp³-hybridized carbons (Fsp3) is 0.371. The number of aromatic amines is 1. The first-order valence-corrected chi connectivity index (χ1v) is 43.9. The molecule has 0 saturated carbocycles. The number of hydrogen-bond acceptors (Lipinski definition) is 27. The number of furan rings is 4. The van der Waals surface area contributed by atoms with E-state index >= 15 is 0 Å². The molecule has 17 rings (SSSR count). The predicted octanol–water partition coefficient (Wildman–Crippen LogP) is 15.9. The summed E-state index contributed by atoms with van der Waals surface area (Å²) in [6, 6.07) is 20.5. The summed E-state index contributed by atoms with van der Waals surface area (Å²) < 4.78 is 68.7. The molecule has 9 heterocycles. The minimum absolute atomic E-state index is 0.0439. The first kappa shape index (κ1) is 95.6. The van der Waals surface area contributed by atoms with E-state index < -0.39 is 108 Å². The highest BCUT2D eigenvalue weighted by Crippen LogP contribution is 2.47. The van der Waals surface area contributed by atoms with Gasteiger partial charge in [0, 0.05) is 23.7 Å². The van der Waals surface area contributed by atoms with E-state index in [-0.39, 0.29) is 145 Å². The Hall–Kier alpha value is -14.5. The van der Waals surface area contributed by atoms with Crippen molar-refractivity contribution in [1.82, 2.24) is 41.1 Å². The van der Waals surface area contributed by atoms with Gasteiger partial charge in [0.2, 0.25) is 0 Å². The van der Waals surface area contributed by atoms with Crippen molar-refractivity contribution in [3.63, 3.8) is 0 Å². The third-order valence-electron chi connectivity index (χ3n) is 24.9. The predicted molar refractivity (Wildman–Crippen MR) is 503 cm³/mol. The topological polar surface area (TPSA) is 457 Å². The Bertz CT molecular complexity index is 7250. The van der Waals surface area contributed by atoms with Gasteiger partial charge in [0.05, 0.1) is 93.8 Å². The molecule has 702 valence electrons. The lowest BCUT2D eigenvalue weighted by atomic mass is 9.80. The molecule has 134 heavy (non-hydrogen) atoms. The Morgan fingerprint density at radius 1 is 0.425 bits per heavy atom. The molecule has 0 fully saturated rings. The summed E-state index contributed by atoms with van der Waals surface area (Å²) in [5.74, 6) is 1.81. The smallest absolute Gasteiger partial charge is 0.361 e. The molecule has 4 amide bonds. The number of aryl methyl sites for hydroxylation is 6. The summed E-state index contributed by atoms with van der Waals surface area (Å²) in [4.78, 5) is 164. The number of aromatic nitrogens is 4. The van der Waals surface area contributed by atoms with Crippen molar-refractivity contribution in [3.8, 4) is 0 Å². The minimum Gasteiger partial charge on any atom is -0.464 e. The molecule has 7 atom stereocenters. The summed E-state index contributed by atoms with van der Waals surface area (Å²) in [5.41, 5.74) is -2.61. The number of fused-ring (bicyclic) bond motifs is 4. The molecule has 33 nitrogen and oxygen atoms in total. The maximum absolute atomic E-state index is 14.9. The van der Waals surface area contributed by atoms with Crippen LogP contribution in [0, 0.1) is 80.7 Å². The quantitative estimate of drug-likeness (QED) is 0.0236. The summed E-state index contributed by atoms with van der Waals surface area (Å²) in [6.07, 6.45) is 0.765. The van der Waals surface area contributed by atoms with Crippen LogP contribution in [-0.2, 0) is 13.1 Å². The maximum atomic E-state index is 14.9. The second-order valence-corrected chi connectivity index (χ2v) is 38.6. The van der Waals surface area contributed by atoms with Gasteiger partial charge in [0.15, 0.2) is 0 Å².